The van der Waals surface area contributed by atoms with Gasteiger partial charge in [-0.15, -0.1) is 0 Å². The van der Waals surface area contributed by atoms with Crippen molar-refractivity contribution in [2.24, 2.45) is 5.10 Å². The number of nitrogens with one attached hydrogen (secondary N) is 1. The molecule has 0 radical (unpaired) electrons. The second-order valence-electron chi connectivity index (χ2n) is 5.88. The van der Waals surface area contributed by atoms with Gasteiger partial charge >= 0.3 is 0 Å². The van der Waals surface area contributed by atoms with Gasteiger partial charge in [0.1, 0.15) is 12.4 Å². The zero-order valence-electron chi connectivity index (χ0n) is 14.6. The molecule has 0 aliphatic carbocycles. The van der Waals surface area contributed by atoms with Crippen molar-refractivity contribution in [2.45, 2.75) is 13.5 Å². The first-order valence-electron chi connectivity index (χ1n) is 8.38. The van der Waals surface area contributed by atoms with Gasteiger partial charge in [-0.05, 0) is 36.8 Å². The predicted octanol–water partition coefficient (Wildman–Crippen LogP) is 4.34. The molecule has 0 bridgehead atoms. The minimum absolute atomic E-state index is 0.243. The largest absolute Gasteiger partial charge is 0.488 e. The molecule has 4 nitrogen and oxygen atoms in total. The van der Waals surface area contributed by atoms with Gasteiger partial charge in [0.2, 0.25) is 0 Å². The van der Waals surface area contributed by atoms with Crippen LogP contribution in [-0.4, -0.2) is 12.1 Å². The molecule has 0 unspecified atom stereocenters. The van der Waals surface area contributed by atoms with Crippen LogP contribution >= 0.6 is 0 Å². The van der Waals surface area contributed by atoms with Gasteiger partial charge < -0.3 is 4.74 Å². The third-order valence-corrected chi connectivity index (χ3v) is 3.81. The first-order valence-corrected chi connectivity index (χ1v) is 8.38. The van der Waals surface area contributed by atoms with Crippen molar-refractivity contribution in [3.8, 4) is 5.75 Å². The molecule has 0 fully saturated rings. The maximum absolute atomic E-state index is 12.1. The van der Waals surface area contributed by atoms with Crippen LogP contribution in [0.1, 0.15) is 27.0 Å². The van der Waals surface area contributed by atoms with Crippen molar-refractivity contribution in [2.75, 3.05) is 0 Å². The summed E-state index contributed by atoms with van der Waals surface area (Å²) in [6.45, 7) is 2.42. The molecular weight excluding hydrogens is 324 g/mol. The number of hydrazone groups is 1. The van der Waals surface area contributed by atoms with Crippen LogP contribution in [0.4, 0.5) is 0 Å². The SMILES string of the molecule is Cc1cccc(C(=O)N/N=C\c2ccccc2OCc2ccccc2)c1. The van der Waals surface area contributed by atoms with Crippen molar-refractivity contribution in [1.29, 1.82) is 0 Å². The lowest BCUT2D eigenvalue weighted by Gasteiger charge is -2.09. The summed E-state index contributed by atoms with van der Waals surface area (Å²) in [5.74, 6) is 0.470. The molecule has 0 aromatic heterocycles. The Hall–Kier alpha value is -3.40. The summed E-state index contributed by atoms with van der Waals surface area (Å²) in [4.78, 5) is 12.1. The number of aryl methyl sites for hydroxylation is 1. The van der Waals surface area contributed by atoms with Gasteiger partial charge in [-0.1, -0.05) is 60.2 Å². The van der Waals surface area contributed by atoms with E-state index in [0.29, 0.717) is 17.9 Å². The highest BCUT2D eigenvalue weighted by atomic mass is 16.5. The lowest BCUT2D eigenvalue weighted by atomic mass is 10.1. The van der Waals surface area contributed by atoms with Gasteiger partial charge in [-0.2, -0.15) is 5.10 Å². The van der Waals surface area contributed by atoms with Crippen LogP contribution in [-0.2, 0) is 6.61 Å². The van der Waals surface area contributed by atoms with Crippen molar-refractivity contribution >= 4 is 12.1 Å². The van der Waals surface area contributed by atoms with Crippen molar-refractivity contribution in [3.63, 3.8) is 0 Å². The molecule has 3 aromatic carbocycles. The summed E-state index contributed by atoms with van der Waals surface area (Å²) in [5, 5.41) is 4.06. The van der Waals surface area contributed by atoms with Gasteiger partial charge in [-0.25, -0.2) is 5.43 Å². The quantitative estimate of drug-likeness (QED) is 0.534. The number of amides is 1. The highest BCUT2D eigenvalue weighted by molar-refractivity contribution is 5.95. The average molecular weight is 344 g/mol. The van der Waals surface area contributed by atoms with E-state index in [9.17, 15) is 4.79 Å². The Morgan fingerprint density at radius 1 is 1.00 bits per heavy atom. The zero-order chi connectivity index (χ0) is 18.2. The molecule has 4 heteroatoms. The summed E-state index contributed by atoms with van der Waals surface area (Å²) in [7, 11) is 0. The third-order valence-electron chi connectivity index (χ3n) is 3.81. The van der Waals surface area contributed by atoms with Gasteiger partial charge in [0.25, 0.3) is 5.91 Å². The van der Waals surface area contributed by atoms with E-state index >= 15 is 0 Å². The monoisotopic (exact) mass is 344 g/mol. The molecule has 0 saturated heterocycles. The van der Waals surface area contributed by atoms with E-state index in [1.165, 1.54) is 0 Å². The Balaban J connectivity index is 1.64. The molecule has 1 N–H and O–H groups in total. The average Bonchev–Trinajstić information content (AvgIpc) is 2.68. The molecule has 0 heterocycles. The lowest BCUT2D eigenvalue weighted by molar-refractivity contribution is 0.0955. The second-order valence-corrected chi connectivity index (χ2v) is 5.88. The Labute approximate surface area is 153 Å². The number of carbonyl (C=O) groups is 1. The van der Waals surface area contributed by atoms with E-state index in [1.807, 2.05) is 79.7 Å². The van der Waals surface area contributed by atoms with Crippen LogP contribution < -0.4 is 10.2 Å². The third kappa shape index (κ3) is 4.80. The maximum atomic E-state index is 12.1. The maximum Gasteiger partial charge on any atom is 0.271 e. The summed E-state index contributed by atoms with van der Waals surface area (Å²) < 4.78 is 5.88. The van der Waals surface area contributed by atoms with E-state index in [2.05, 4.69) is 10.5 Å². The van der Waals surface area contributed by atoms with Gasteiger partial charge in [0.15, 0.2) is 0 Å². The van der Waals surface area contributed by atoms with Crippen LogP contribution in [0.25, 0.3) is 0 Å². The fourth-order valence-corrected chi connectivity index (χ4v) is 2.47. The number of nitrogens with zero attached hydrogens (tertiary/aromatic N) is 1. The van der Waals surface area contributed by atoms with Crippen LogP contribution in [0.3, 0.4) is 0 Å². The van der Waals surface area contributed by atoms with Crippen molar-refractivity contribution in [3.05, 3.63) is 101 Å². The number of benzene rings is 3. The van der Waals surface area contributed by atoms with E-state index < -0.39 is 0 Å². The molecular formula is C22H20N2O2. The van der Waals surface area contributed by atoms with Crippen LogP contribution in [0.5, 0.6) is 5.75 Å². The molecule has 1 amide bonds. The Kier molecular flexibility index (Phi) is 5.78. The molecule has 0 saturated carbocycles. The first kappa shape index (κ1) is 17.4. The molecule has 130 valence electrons. The van der Waals surface area contributed by atoms with Crippen LogP contribution in [0.2, 0.25) is 0 Å². The fraction of sp³-hybridized carbons (Fsp3) is 0.0909. The minimum atomic E-state index is -0.243. The molecule has 0 aliphatic rings. The number of ether oxygens (including phenoxy) is 1. The lowest BCUT2D eigenvalue weighted by Crippen LogP contribution is -2.17. The standard InChI is InChI=1S/C22H20N2O2/c1-17-8-7-12-19(14-17)22(25)24-23-15-20-11-5-6-13-21(20)26-16-18-9-3-2-4-10-18/h2-15H,16H2,1H3,(H,24,25)/b23-15-. The predicted molar refractivity (Wildman–Crippen MR) is 103 cm³/mol. The molecule has 26 heavy (non-hydrogen) atoms. The van der Waals surface area contributed by atoms with Crippen molar-refractivity contribution < 1.29 is 9.53 Å². The summed E-state index contributed by atoms with van der Waals surface area (Å²) in [6.07, 6.45) is 1.59. The zero-order valence-corrected chi connectivity index (χ0v) is 14.6. The molecule has 3 rings (SSSR count). The summed E-state index contributed by atoms with van der Waals surface area (Å²) >= 11 is 0. The fourth-order valence-electron chi connectivity index (χ4n) is 2.47. The molecule has 0 aliphatic heterocycles. The van der Waals surface area contributed by atoms with Crippen molar-refractivity contribution in [1.82, 2.24) is 5.43 Å². The smallest absolute Gasteiger partial charge is 0.271 e. The first-order chi connectivity index (χ1) is 12.7. The summed E-state index contributed by atoms with van der Waals surface area (Å²) in [6, 6.07) is 24.9. The van der Waals surface area contributed by atoms with Crippen LogP contribution in [0, 0.1) is 6.92 Å². The van der Waals surface area contributed by atoms with Gasteiger partial charge in [0, 0.05) is 11.1 Å². The minimum Gasteiger partial charge on any atom is -0.488 e. The van der Waals surface area contributed by atoms with E-state index in [1.54, 1.807) is 12.3 Å². The number of hydrogen-bond acceptors (Lipinski definition) is 3. The van der Waals surface area contributed by atoms with E-state index in [4.69, 9.17) is 4.74 Å². The normalized spacial score (nSPS) is 10.7. The number of para-hydroxylation sites is 1. The Bertz CT molecular complexity index is 905. The Morgan fingerprint density at radius 3 is 2.58 bits per heavy atom. The molecule has 0 spiro atoms. The highest BCUT2D eigenvalue weighted by Crippen LogP contribution is 2.17. The Morgan fingerprint density at radius 2 is 1.77 bits per heavy atom. The summed E-state index contributed by atoms with van der Waals surface area (Å²) in [5.41, 5.74) is 6.05. The molecule has 0 atom stereocenters. The van der Waals surface area contributed by atoms with Gasteiger partial charge in [-0.3, -0.25) is 4.79 Å². The number of rotatable bonds is 6. The van der Waals surface area contributed by atoms with Gasteiger partial charge in [0.05, 0.1) is 6.21 Å². The molecule has 3 aromatic rings. The van der Waals surface area contributed by atoms with E-state index in [0.717, 1.165) is 16.7 Å². The topological polar surface area (TPSA) is 50.7 Å². The number of carbonyl (C=O) groups excluding carboxylic acids is 1. The van der Waals surface area contributed by atoms with E-state index in [-0.39, 0.29) is 5.91 Å². The highest BCUT2D eigenvalue weighted by Gasteiger charge is 2.04. The second kappa shape index (κ2) is 8.62. The van der Waals surface area contributed by atoms with Crippen LogP contribution in [0.15, 0.2) is 84.0 Å². The number of hydrogen-bond donors (Lipinski definition) is 1.